The van der Waals surface area contributed by atoms with Crippen molar-refractivity contribution in [1.29, 1.82) is 0 Å². The van der Waals surface area contributed by atoms with Gasteiger partial charge in [-0.2, -0.15) is 0 Å². The van der Waals surface area contributed by atoms with Gasteiger partial charge in [-0.15, -0.1) is 0 Å². The van der Waals surface area contributed by atoms with Crippen molar-refractivity contribution in [3.8, 4) is 11.4 Å². The molecule has 0 aliphatic heterocycles. The Morgan fingerprint density at radius 1 is 0.929 bits per heavy atom. The van der Waals surface area contributed by atoms with Crippen molar-refractivity contribution in [1.82, 2.24) is 15.0 Å². The van der Waals surface area contributed by atoms with Crippen LogP contribution in [0.25, 0.3) is 22.3 Å². The quantitative estimate of drug-likeness (QED) is 0.560. The SMILES string of the molecule is Cc1ccc2nc(-c3ccc(NC(=O)c4ccnc(C)c4)c(C)c3)ncc2c1. The molecule has 4 aromatic rings. The Bertz CT molecular complexity index is 1200. The molecule has 5 heteroatoms. The first-order chi connectivity index (χ1) is 13.5. The van der Waals surface area contributed by atoms with Crippen molar-refractivity contribution >= 4 is 22.5 Å². The van der Waals surface area contributed by atoms with Crippen LogP contribution in [0.15, 0.2) is 60.9 Å². The fraction of sp³-hybridized carbons (Fsp3) is 0.130. The molecule has 5 nitrogen and oxygen atoms in total. The second kappa shape index (κ2) is 7.19. The van der Waals surface area contributed by atoms with Gasteiger partial charge in [-0.25, -0.2) is 9.97 Å². The molecule has 1 N–H and O–H groups in total. The fourth-order valence-corrected chi connectivity index (χ4v) is 3.12. The Morgan fingerprint density at radius 2 is 1.79 bits per heavy atom. The van der Waals surface area contributed by atoms with Crippen LogP contribution in [0.4, 0.5) is 5.69 Å². The molecule has 0 saturated carbocycles. The molecule has 0 aliphatic carbocycles. The summed E-state index contributed by atoms with van der Waals surface area (Å²) in [7, 11) is 0. The number of hydrogen-bond donors (Lipinski definition) is 1. The van der Waals surface area contributed by atoms with Crippen LogP contribution < -0.4 is 5.32 Å². The number of rotatable bonds is 3. The van der Waals surface area contributed by atoms with Crippen molar-refractivity contribution in [2.24, 2.45) is 0 Å². The van der Waals surface area contributed by atoms with E-state index in [0.29, 0.717) is 11.4 Å². The molecule has 0 fully saturated rings. The van der Waals surface area contributed by atoms with Crippen LogP contribution in [0.3, 0.4) is 0 Å². The van der Waals surface area contributed by atoms with Crippen LogP contribution >= 0.6 is 0 Å². The highest BCUT2D eigenvalue weighted by atomic mass is 16.1. The van der Waals surface area contributed by atoms with E-state index in [0.717, 1.165) is 33.4 Å². The maximum absolute atomic E-state index is 12.5. The minimum atomic E-state index is -0.154. The lowest BCUT2D eigenvalue weighted by Crippen LogP contribution is -2.13. The van der Waals surface area contributed by atoms with E-state index >= 15 is 0 Å². The molecule has 2 aromatic carbocycles. The third-order valence-electron chi connectivity index (χ3n) is 4.63. The summed E-state index contributed by atoms with van der Waals surface area (Å²) in [6, 6.07) is 15.4. The van der Waals surface area contributed by atoms with Gasteiger partial charge in [0.2, 0.25) is 0 Å². The lowest BCUT2D eigenvalue weighted by atomic mass is 10.1. The van der Waals surface area contributed by atoms with Gasteiger partial charge in [-0.1, -0.05) is 11.6 Å². The molecule has 0 radical (unpaired) electrons. The second-order valence-corrected chi connectivity index (χ2v) is 6.93. The van der Waals surface area contributed by atoms with Crippen molar-refractivity contribution in [3.63, 3.8) is 0 Å². The molecule has 28 heavy (non-hydrogen) atoms. The van der Waals surface area contributed by atoms with E-state index in [1.165, 1.54) is 5.56 Å². The first-order valence-corrected chi connectivity index (χ1v) is 9.08. The third kappa shape index (κ3) is 3.60. The second-order valence-electron chi connectivity index (χ2n) is 6.93. The number of hydrogen-bond acceptors (Lipinski definition) is 4. The van der Waals surface area contributed by atoms with E-state index in [-0.39, 0.29) is 5.91 Å². The van der Waals surface area contributed by atoms with Crippen molar-refractivity contribution in [2.45, 2.75) is 20.8 Å². The van der Waals surface area contributed by atoms with Gasteiger partial charge in [0.05, 0.1) is 5.52 Å². The molecule has 0 atom stereocenters. The number of anilines is 1. The lowest BCUT2D eigenvalue weighted by molar-refractivity contribution is 0.102. The Kier molecular flexibility index (Phi) is 4.57. The maximum Gasteiger partial charge on any atom is 0.255 e. The normalized spacial score (nSPS) is 10.8. The van der Waals surface area contributed by atoms with E-state index < -0.39 is 0 Å². The minimum Gasteiger partial charge on any atom is -0.322 e. The average Bonchev–Trinajstić information content (AvgIpc) is 2.69. The van der Waals surface area contributed by atoms with Crippen LogP contribution in [0, 0.1) is 20.8 Å². The zero-order chi connectivity index (χ0) is 19.7. The molecule has 0 saturated heterocycles. The number of aryl methyl sites for hydroxylation is 3. The number of nitrogens with zero attached hydrogens (tertiary/aromatic N) is 3. The van der Waals surface area contributed by atoms with Gasteiger partial charge >= 0.3 is 0 Å². The number of carbonyl (C=O) groups excluding carboxylic acids is 1. The number of nitrogens with one attached hydrogen (secondary N) is 1. The summed E-state index contributed by atoms with van der Waals surface area (Å²) in [6.07, 6.45) is 3.49. The first kappa shape index (κ1) is 17.8. The van der Waals surface area contributed by atoms with Crippen LogP contribution in [-0.4, -0.2) is 20.9 Å². The minimum absolute atomic E-state index is 0.154. The van der Waals surface area contributed by atoms with Gasteiger partial charge < -0.3 is 5.32 Å². The third-order valence-corrected chi connectivity index (χ3v) is 4.63. The number of pyridine rings is 1. The van der Waals surface area contributed by atoms with E-state index in [4.69, 9.17) is 0 Å². The number of benzene rings is 2. The number of carbonyl (C=O) groups is 1. The largest absolute Gasteiger partial charge is 0.322 e. The Balaban J connectivity index is 1.61. The highest BCUT2D eigenvalue weighted by molar-refractivity contribution is 6.04. The molecule has 138 valence electrons. The van der Waals surface area contributed by atoms with Gasteiger partial charge in [0.15, 0.2) is 5.82 Å². The predicted molar refractivity (Wildman–Crippen MR) is 111 cm³/mol. The zero-order valence-corrected chi connectivity index (χ0v) is 16.0. The van der Waals surface area contributed by atoms with Crippen molar-refractivity contribution in [3.05, 3.63) is 83.3 Å². The van der Waals surface area contributed by atoms with Crippen LogP contribution in [0.2, 0.25) is 0 Å². The Morgan fingerprint density at radius 3 is 2.57 bits per heavy atom. The molecule has 0 aliphatic rings. The van der Waals surface area contributed by atoms with E-state index in [1.807, 2.05) is 50.4 Å². The van der Waals surface area contributed by atoms with Gasteiger partial charge in [-0.3, -0.25) is 9.78 Å². The fourth-order valence-electron chi connectivity index (χ4n) is 3.12. The number of amides is 1. The summed E-state index contributed by atoms with van der Waals surface area (Å²) in [5.74, 6) is 0.515. The smallest absolute Gasteiger partial charge is 0.255 e. The summed E-state index contributed by atoms with van der Waals surface area (Å²) < 4.78 is 0. The Hall–Kier alpha value is -3.60. The standard InChI is InChI=1S/C23H20N4O/c1-14-4-6-21-19(10-14)13-25-22(26-21)17-5-7-20(15(2)11-17)27-23(28)18-8-9-24-16(3)12-18/h4-13H,1-3H3,(H,27,28). The average molecular weight is 368 g/mol. The van der Waals surface area contributed by atoms with Gasteiger partial charge in [0.25, 0.3) is 5.91 Å². The van der Waals surface area contributed by atoms with Crippen molar-refractivity contribution in [2.75, 3.05) is 5.32 Å². The highest BCUT2D eigenvalue weighted by Crippen LogP contribution is 2.24. The van der Waals surface area contributed by atoms with E-state index in [1.54, 1.807) is 18.3 Å². The van der Waals surface area contributed by atoms with Gasteiger partial charge in [0, 0.05) is 40.3 Å². The maximum atomic E-state index is 12.5. The monoisotopic (exact) mass is 368 g/mol. The Labute approximate surface area is 163 Å². The molecule has 0 spiro atoms. The van der Waals surface area contributed by atoms with Crippen LogP contribution in [0.5, 0.6) is 0 Å². The highest BCUT2D eigenvalue weighted by Gasteiger charge is 2.10. The predicted octanol–water partition coefficient (Wildman–Crippen LogP) is 4.87. The molecule has 0 bridgehead atoms. The van der Waals surface area contributed by atoms with Gasteiger partial charge in [0.1, 0.15) is 0 Å². The topological polar surface area (TPSA) is 67.8 Å². The molecular weight excluding hydrogens is 348 g/mol. The van der Waals surface area contributed by atoms with Crippen LogP contribution in [0.1, 0.15) is 27.2 Å². The summed E-state index contributed by atoms with van der Waals surface area (Å²) >= 11 is 0. The molecule has 1 amide bonds. The van der Waals surface area contributed by atoms with Crippen molar-refractivity contribution < 1.29 is 4.79 Å². The molecule has 4 rings (SSSR count). The molecular formula is C23H20N4O. The number of fused-ring (bicyclic) bond motifs is 1. The summed E-state index contributed by atoms with van der Waals surface area (Å²) in [6.45, 7) is 5.88. The molecule has 2 aromatic heterocycles. The van der Waals surface area contributed by atoms with E-state index in [9.17, 15) is 4.79 Å². The molecule has 0 unspecified atom stereocenters. The molecule has 2 heterocycles. The van der Waals surface area contributed by atoms with Gasteiger partial charge in [-0.05, 0) is 68.8 Å². The zero-order valence-electron chi connectivity index (χ0n) is 16.0. The van der Waals surface area contributed by atoms with Crippen LogP contribution in [-0.2, 0) is 0 Å². The lowest BCUT2D eigenvalue weighted by Gasteiger charge is -2.10. The summed E-state index contributed by atoms with van der Waals surface area (Å²) in [5.41, 5.74) is 6.12. The first-order valence-electron chi connectivity index (χ1n) is 9.08. The van der Waals surface area contributed by atoms with E-state index in [2.05, 4.69) is 33.3 Å². The summed E-state index contributed by atoms with van der Waals surface area (Å²) in [4.78, 5) is 25.8. The number of aromatic nitrogens is 3. The summed E-state index contributed by atoms with van der Waals surface area (Å²) in [5, 5.41) is 3.99.